The smallest absolute Gasteiger partial charge is 0.261 e. The lowest BCUT2D eigenvalue weighted by molar-refractivity contribution is 0.0487. The molecule has 46 heavy (non-hydrogen) atoms. The number of hydrogen-bond acceptors (Lipinski definition) is 4. The van der Waals surface area contributed by atoms with E-state index in [1.807, 2.05) is 0 Å². The van der Waals surface area contributed by atoms with Gasteiger partial charge in [0.1, 0.15) is 23.3 Å². The molecule has 2 heterocycles. The Kier molecular flexibility index (Phi) is 5.70. The first-order valence-corrected chi connectivity index (χ1v) is 15.9. The topological polar surface area (TPSA) is 74.8 Å². The van der Waals surface area contributed by atoms with Gasteiger partial charge in [-0.15, -0.1) is 0 Å². The van der Waals surface area contributed by atoms with Crippen molar-refractivity contribution in [2.24, 2.45) is 0 Å². The predicted molar refractivity (Wildman–Crippen MR) is 162 cm³/mol. The van der Waals surface area contributed by atoms with Gasteiger partial charge in [0.15, 0.2) is 0 Å². The molecule has 2 aliphatic heterocycles. The minimum atomic E-state index is -1.06. The van der Waals surface area contributed by atoms with Gasteiger partial charge in [-0.05, 0) is 49.9 Å². The van der Waals surface area contributed by atoms with Crippen LogP contribution in [0.1, 0.15) is 106 Å². The van der Waals surface area contributed by atoms with Gasteiger partial charge in [-0.2, -0.15) is 0 Å². The van der Waals surface area contributed by atoms with E-state index in [-0.39, 0.29) is 43.8 Å². The Morgan fingerprint density at radius 3 is 0.913 bits per heavy atom. The SMILES string of the molecule is O=C1c2cc(F)c3c4c(F)cc5c6c(cc(F)c(c7c(F)cc(c2c37)C(=O)N1C1CCCCC1)c64)C(=O)N(C1CCCCC1)C5=O. The van der Waals surface area contributed by atoms with Crippen LogP contribution in [0.25, 0.3) is 43.1 Å². The number of hydrogen-bond donors (Lipinski definition) is 0. The highest BCUT2D eigenvalue weighted by molar-refractivity contribution is 6.41. The molecule has 0 unspecified atom stereocenters. The fourth-order valence-electron chi connectivity index (χ4n) is 8.84. The maximum atomic E-state index is 16.4. The summed E-state index contributed by atoms with van der Waals surface area (Å²) in [6.07, 6.45) is 7.41. The first-order chi connectivity index (χ1) is 22.2. The molecule has 5 aromatic carbocycles. The quantitative estimate of drug-likeness (QED) is 0.0858. The maximum Gasteiger partial charge on any atom is 0.261 e. The van der Waals surface area contributed by atoms with Crippen molar-refractivity contribution < 1.29 is 36.7 Å². The fourth-order valence-corrected chi connectivity index (χ4v) is 8.84. The zero-order valence-electron chi connectivity index (χ0n) is 24.6. The van der Waals surface area contributed by atoms with Gasteiger partial charge < -0.3 is 0 Å². The number of rotatable bonds is 2. The molecule has 0 bridgehead atoms. The van der Waals surface area contributed by atoms with E-state index in [9.17, 15) is 19.2 Å². The van der Waals surface area contributed by atoms with Crippen molar-refractivity contribution in [1.82, 2.24) is 9.80 Å². The Labute approximate surface area is 259 Å². The number of carbonyl (C=O) groups excluding carboxylic acids is 4. The van der Waals surface area contributed by atoms with Crippen LogP contribution >= 0.6 is 0 Å². The second kappa shape index (κ2) is 9.47. The lowest BCUT2D eigenvalue weighted by Crippen LogP contribution is -2.48. The van der Waals surface area contributed by atoms with Crippen LogP contribution in [-0.2, 0) is 0 Å². The van der Waals surface area contributed by atoms with Gasteiger partial charge in [0.05, 0.1) is 22.3 Å². The number of halogens is 4. The minimum absolute atomic E-state index is 0.0664. The molecule has 2 aliphatic carbocycles. The van der Waals surface area contributed by atoms with Gasteiger partial charge in [0, 0.05) is 55.2 Å². The monoisotopic (exact) mass is 626 g/mol. The Morgan fingerprint density at radius 1 is 0.391 bits per heavy atom. The van der Waals surface area contributed by atoms with Crippen LogP contribution < -0.4 is 0 Å². The number of benzene rings is 5. The van der Waals surface area contributed by atoms with Crippen LogP contribution in [0.15, 0.2) is 24.3 Å². The van der Waals surface area contributed by atoms with Crippen LogP contribution in [0.2, 0.25) is 0 Å². The van der Waals surface area contributed by atoms with Crippen molar-refractivity contribution in [1.29, 1.82) is 0 Å². The molecule has 2 saturated carbocycles. The predicted octanol–water partition coefficient (Wildman–Crippen LogP) is 8.15. The third-order valence-electron chi connectivity index (χ3n) is 10.8. The van der Waals surface area contributed by atoms with Gasteiger partial charge in [-0.25, -0.2) is 17.6 Å². The van der Waals surface area contributed by atoms with Crippen molar-refractivity contribution in [2.75, 3.05) is 0 Å². The Morgan fingerprint density at radius 2 is 0.652 bits per heavy atom. The largest absolute Gasteiger partial charge is 0.271 e. The van der Waals surface area contributed by atoms with Crippen LogP contribution in [0.3, 0.4) is 0 Å². The summed E-state index contributed by atoms with van der Waals surface area (Å²) in [5.74, 6) is -7.17. The molecule has 6 nitrogen and oxygen atoms in total. The van der Waals surface area contributed by atoms with Crippen LogP contribution in [-0.4, -0.2) is 45.5 Å². The Balaban J connectivity index is 1.39. The van der Waals surface area contributed by atoms with Gasteiger partial charge in [-0.1, -0.05) is 38.5 Å². The highest BCUT2D eigenvalue weighted by Gasteiger charge is 2.43. The van der Waals surface area contributed by atoms with Crippen LogP contribution in [0, 0.1) is 23.3 Å². The molecule has 4 aliphatic rings. The molecule has 0 atom stereocenters. The number of amides is 4. The molecule has 10 heteroatoms. The van der Waals surface area contributed by atoms with E-state index in [0.29, 0.717) is 25.7 Å². The maximum absolute atomic E-state index is 16.4. The fraction of sp³-hybridized carbons (Fsp3) is 0.333. The van der Waals surface area contributed by atoms with E-state index < -0.39 is 80.5 Å². The number of fused-ring (bicyclic) bond motifs is 2. The summed E-state index contributed by atoms with van der Waals surface area (Å²) >= 11 is 0. The minimum Gasteiger partial charge on any atom is -0.271 e. The zero-order chi connectivity index (χ0) is 31.8. The van der Waals surface area contributed by atoms with Crippen molar-refractivity contribution >= 4 is 66.7 Å². The van der Waals surface area contributed by atoms with Gasteiger partial charge >= 0.3 is 0 Å². The molecule has 232 valence electrons. The van der Waals surface area contributed by atoms with Crippen LogP contribution in [0.5, 0.6) is 0 Å². The summed E-state index contributed by atoms with van der Waals surface area (Å²) in [4.78, 5) is 57.5. The first-order valence-electron chi connectivity index (χ1n) is 15.9. The molecule has 0 N–H and O–H groups in total. The molecule has 0 radical (unpaired) electrons. The molecular weight excluding hydrogens is 600 g/mol. The molecular formula is C36H26F4N2O4. The molecule has 2 fully saturated rings. The van der Waals surface area contributed by atoms with Crippen molar-refractivity contribution in [2.45, 2.75) is 76.3 Å². The lowest BCUT2D eigenvalue weighted by atomic mass is 9.80. The molecule has 0 spiro atoms. The van der Waals surface area contributed by atoms with Crippen molar-refractivity contribution in [3.63, 3.8) is 0 Å². The van der Waals surface area contributed by atoms with E-state index in [1.54, 1.807) is 0 Å². The third kappa shape index (κ3) is 3.36. The highest BCUT2D eigenvalue weighted by Crippen LogP contribution is 2.50. The average Bonchev–Trinajstić information content (AvgIpc) is 3.05. The van der Waals surface area contributed by atoms with E-state index in [1.165, 1.54) is 0 Å². The third-order valence-corrected chi connectivity index (χ3v) is 10.8. The molecule has 9 rings (SSSR count). The Bertz CT molecular complexity index is 1980. The first kappa shape index (κ1) is 27.7. The van der Waals surface area contributed by atoms with Crippen molar-refractivity contribution in [3.05, 3.63) is 69.8 Å². The normalized spacial score (nSPS) is 19.7. The summed E-state index contributed by atoms with van der Waals surface area (Å²) in [6, 6.07) is 2.89. The molecule has 4 amide bonds. The summed E-state index contributed by atoms with van der Waals surface area (Å²) in [5, 5.41) is -2.45. The number of imide groups is 2. The second-order valence-corrected chi connectivity index (χ2v) is 13.2. The van der Waals surface area contributed by atoms with Crippen LogP contribution in [0.4, 0.5) is 17.6 Å². The summed E-state index contributed by atoms with van der Waals surface area (Å²) in [5.41, 5.74) is -0.718. The number of carbonyl (C=O) groups is 4. The van der Waals surface area contributed by atoms with Crippen molar-refractivity contribution in [3.8, 4) is 0 Å². The Hall–Kier alpha value is -4.60. The van der Waals surface area contributed by atoms with E-state index in [2.05, 4.69) is 0 Å². The van der Waals surface area contributed by atoms with E-state index >= 15 is 17.6 Å². The second-order valence-electron chi connectivity index (χ2n) is 13.2. The van der Waals surface area contributed by atoms with E-state index in [0.717, 1.165) is 72.6 Å². The number of nitrogens with zero attached hydrogens (tertiary/aromatic N) is 2. The van der Waals surface area contributed by atoms with E-state index in [4.69, 9.17) is 0 Å². The average molecular weight is 627 g/mol. The van der Waals surface area contributed by atoms with Gasteiger partial charge in [0.2, 0.25) is 0 Å². The van der Waals surface area contributed by atoms with Gasteiger partial charge in [0.25, 0.3) is 23.6 Å². The summed E-state index contributed by atoms with van der Waals surface area (Å²) in [7, 11) is 0. The molecule has 0 aromatic heterocycles. The standard InChI is InChI=1S/C36H26F4N2O4/c37-21-11-17-25-18(34(44)41(33(17)43)15-7-3-1-4-8-15)12-22(38)28-30-24(40)14-20-26-19(13-23(39)29(32(26)30)27(21)31(25)28)35(45)42(36(20)46)16-9-5-2-6-10-16/h11-16H,1-10H2. The molecule has 5 aromatic rings. The lowest BCUT2D eigenvalue weighted by Gasteiger charge is -2.37. The summed E-state index contributed by atoms with van der Waals surface area (Å²) < 4.78 is 65.5. The molecule has 0 saturated heterocycles. The summed E-state index contributed by atoms with van der Waals surface area (Å²) in [6.45, 7) is 0. The van der Waals surface area contributed by atoms with Gasteiger partial charge in [-0.3, -0.25) is 29.0 Å². The highest BCUT2D eigenvalue weighted by atomic mass is 19.1. The zero-order valence-corrected chi connectivity index (χ0v) is 24.6.